The van der Waals surface area contributed by atoms with E-state index in [1.165, 1.54) is 29.9 Å². The number of nitrogens with zero attached hydrogens (tertiary/aromatic N) is 2. The smallest absolute Gasteiger partial charge is 0.287 e. The maximum absolute atomic E-state index is 13.5. The number of nitrogens with one attached hydrogen (secondary N) is 1. The lowest BCUT2D eigenvalue weighted by Crippen LogP contribution is -2.16. The Morgan fingerprint density at radius 1 is 1.45 bits per heavy atom. The van der Waals surface area contributed by atoms with Crippen LogP contribution in [-0.2, 0) is 7.05 Å². The molecule has 0 bridgehead atoms. The number of carbonyl (C=O) groups excluding carboxylic acids is 1. The van der Waals surface area contributed by atoms with Crippen LogP contribution in [0.3, 0.4) is 0 Å². The lowest BCUT2D eigenvalue weighted by molar-refractivity contribution is -0.384. The van der Waals surface area contributed by atoms with Gasteiger partial charge in [-0.1, -0.05) is 11.6 Å². The molecule has 0 radical (unpaired) electrons. The molecule has 1 N–H and O–H groups in total. The van der Waals surface area contributed by atoms with Crippen LogP contribution in [0, 0.1) is 15.9 Å². The number of anilines is 1. The number of rotatable bonds is 3. The number of hydrogen-bond donors (Lipinski definition) is 1. The van der Waals surface area contributed by atoms with E-state index in [0.29, 0.717) is 0 Å². The van der Waals surface area contributed by atoms with Crippen molar-refractivity contribution in [3.8, 4) is 0 Å². The molecule has 8 heteroatoms. The standard InChI is InChI=1S/C12H9ClFN3O3/c1-16-6-8(17(19)20)5-11(16)12(18)15-10-4-7(13)2-3-9(10)14/h2-6H,1H3,(H,15,18). The van der Waals surface area contributed by atoms with Crippen molar-refractivity contribution in [2.24, 2.45) is 7.05 Å². The van der Waals surface area contributed by atoms with Crippen molar-refractivity contribution >= 4 is 28.9 Å². The Balaban J connectivity index is 2.28. The SMILES string of the molecule is Cn1cc([N+](=O)[O-])cc1C(=O)Nc1cc(Cl)ccc1F. The number of hydrogen-bond acceptors (Lipinski definition) is 3. The van der Waals surface area contributed by atoms with Crippen LogP contribution in [0.15, 0.2) is 30.5 Å². The molecule has 1 aromatic heterocycles. The molecule has 1 aromatic carbocycles. The van der Waals surface area contributed by atoms with Crippen LogP contribution in [0.25, 0.3) is 0 Å². The number of aromatic nitrogens is 1. The van der Waals surface area contributed by atoms with E-state index in [2.05, 4.69) is 5.32 Å². The number of aryl methyl sites for hydroxylation is 1. The number of halogens is 2. The second-order valence-electron chi connectivity index (χ2n) is 4.03. The molecule has 0 aliphatic carbocycles. The number of benzene rings is 1. The Bertz CT molecular complexity index is 699. The average Bonchev–Trinajstić information content (AvgIpc) is 2.76. The normalized spacial score (nSPS) is 10.3. The predicted molar refractivity (Wildman–Crippen MR) is 71.4 cm³/mol. The highest BCUT2D eigenvalue weighted by Gasteiger charge is 2.18. The Hall–Kier alpha value is -2.41. The zero-order valence-electron chi connectivity index (χ0n) is 10.3. The summed E-state index contributed by atoms with van der Waals surface area (Å²) in [5.74, 6) is -1.31. The molecule has 1 amide bonds. The van der Waals surface area contributed by atoms with Gasteiger partial charge < -0.3 is 9.88 Å². The third-order valence-corrected chi connectivity index (χ3v) is 2.85. The van der Waals surface area contributed by atoms with E-state index in [1.54, 1.807) is 0 Å². The van der Waals surface area contributed by atoms with Gasteiger partial charge in [0, 0.05) is 18.1 Å². The molecule has 0 atom stereocenters. The molecule has 20 heavy (non-hydrogen) atoms. The molecule has 104 valence electrons. The minimum Gasteiger partial charge on any atom is -0.340 e. The van der Waals surface area contributed by atoms with Gasteiger partial charge in [0.05, 0.1) is 16.8 Å². The summed E-state index contributed by atoms with van der Waals surface area (Å²) in [6, 6.07) is 4.83. The predicted octanol–water partition coefficient (Wildman–Crippen LogP) is 2.98. The monoisotopic (exact) mass is 297 g/mol. The maximum Gasteiger partial charge on any atom is 0.287 e. The van der Waals surface area contributed by atoms with Crippen molar-refractivity contribution in [2.45, 2.75) is 0 Å². The van der Waals surface area contributed by atoms with Crippen molar-refractivity contribution in [2.75, 3.05) is 5.32 Å². The summed E-state index contributed by atoms with van der Waals surface area (Å²) in [5, 5.41) is 13.2. The van der Waals surface area contributed by atoms with E-state index in [0.717, 1.165) is 12.1 Å². The van der Waals surface area contributed by atoms with Crippen LogP contribution in [-0.4, -0.2) is 15.4 Å². The zero-order valence-corrected chi connectivity index (χ0v) is 11.0. The van der Waals surface area contributed by atoms with Gasteiger partial charge in [-0.2, -0.15) is 0 Å². The third-order valence-electron chi connectivity index (χ3n) is 2.61. The lowest BCUT2D eigenvalue weighted by atomic mass is 10.3. The van der Waals surface area contributed by atoms with Crippen LogP contribution in [0.5, 0.6) is 0 Å². The fourth-order valence-electron chi connectivity index (χ4n) is 1.65. The Labute approximate surface area is 117 Å². The first-order valence-electron chi connectivity index (χ1n) is 5.45. The van der Waals surface area contributed by atoms with Crippen molar-refractivity contribution < 1.29 is 14.1 Å². The Kier molecular flexibility index (Phi) is 3.71. The van der Waals surface area contributed by atoms with E-state index in [4.69, 9.17) is 11.6 Å². The molecule has 0 unspecified atom stereocenters. The molecular formula is C12H9ClFN3O3. The fourth-order valence-corrected chi connectivity index (χ4v) is 1.82. The Morgan fingerprint density at radius 3 is 2.75 bits per heavy atom. The van der Waals surface area contributed by atoms with Crippen LogP contribution in [0.1, 0.15) is 10.5 Å². The molecule has 0 aliphatic rings. The highest BCUT2D eigenvalue weighted by molar-refractivity contribution is 6.31. The van der Waals surface area contributed by atoms with E-state index in [1.807, 2.05) is 0 Å². The van der Waals surface area contributed by atoms with Crippen molar-refractivity contribution in [1.82, 2.24) is 4.57 Å². The second-order valence-corrected chi connectivity index (χ2v) is 4.47. The molecule has 1 heterocycles. The summed E-state index contributed by atoms with van der Waals surface area (Å²) < 4.78 is 14.8. The number of carbonyl (C=O) groups is 1. The molecule has 0 aliphatic heterocycles. The minimum absolute atomic E-state index is 0.0380. The quantitative estimate of drug-likeness (QED) is 0.699. The van der Waals surface area contributed by atoms with E-state index in [9.17, 15) is 19.3 Å². The van der Waals surface area contributed by atoms with Crippen LogP contribution < -0.4 is 5.32 Å². The van der Waals surface area contributed by atoms with Gasteiger partial charge in [0.15, 0.2) is 0 Å². The summed E-state index contributed by atoms with van der Waals surface area (Å²) >= 11 is 5.71. The summed E-state index contributed by atoms with van der Waals surface area (Å²) in [5.41, 5.74) is -0.272. The van der Waals surface area contributed by atoms with Crippen molar-refractivity contribution in [3.05, 3.63) is 57.1 Å². The largest absolute Gasteiger partial charge is 0.340 e. The first-order valence-corrected chi connectivity index (χ1v) is 5.83. The molecule has 0 saturated heterocycles. The maximum atomic E-state index is 13.5. The van der Waals surface area contributed by atoms with Gasteiger partial charge in [-0.3, -0.25) is 14.9 Å². The number of amides is 1. The fraction of sp³-hybridized carbons (Fsp3) is 0.0833. The summed E-state index contributed by atoms with van der Waals surface area (Å²) in [7, 11) is 1.48. The Morgan fingerprint density at radius 2 is 2.15 bits per heavy atom. The van der Waals surface area contributed by atoms with Gasteiger partial charge in [-0.25, -0.2) is 4.39 Å². The van der Waals surface area contributed by atoms with E-state index < -0.39 is 16.6 Å². The molecule has 6 nitrogen and oxygen atoms in total. The van der Waals surface area contributed by atoms with Crippen molar-refractivity contribution in [1.29, 1.82) is 0 Å². The number of nitro groups is 1. The molecule has 0 saturated carbocycles. The molecular weight excluding hydrogens is 289 g/mol. The third kappa shape index (κ3) is 2.77. The van der Waals surface area contributed by atoms with Crippen molar-refractivity contribution in [3.63, 3.8) is 0 Å². The van der Waals surface area contributed by atoms with E-state index >= 15 is 0 Å². The summed E-state index contributed by atoms with van der Waals surface area (Å²) in [6.45, 7) is 0. The highest BCUT2D eigenvalue weighted by atomic mass is 35.5. The average molecular weight is 298 g/mol. The van der Waals surface area contributed by atoms with Gasteiger partial charge in [0.1, 0.15) is 11.5 Å². The zero-order chi connectivity index (χ0) is 14.9. The first kappa shape index (κ1) is 14.0. The van der Waals surface area contributed by atoms with Gasteiger partial charge in [-0.05, 0) is 18.2 Å². The van der Waals surface area contributed by atoms with Crippen LogP contribution >= 0.6 is 11.6 Å². The highest BCUT2D eigenvalue weighted by Crippen LogP contribution is 2.21. The molecule has 2 aromatic rings. The van der Waals surface area contributed by atoms with Gasteiger partial charge in [0.25, 0.3) is 11.6 Å². The summed E-state index contributed by atoms with van der Waals surface area (Å²) in [6.07, 6.45) is 1.20. The topological polar surface area (TPSA) is 77.2 Å². The molecule has 0 spiro atoms. The second kappa shape index (κ2) is 5.30. The lowest BCUT2D eigenvalue weighted by Gasteiger charge is -2.07. The van der Waals surface area contributed by atoms with Gasteiger partial charge >= 0.3 is 0 Å². The van der Waals surface area contributed by atoms with Crippen LogP contribution in [0.4, 0.5) is 15.8 Å². The molecule has 0 fully saturated rings. The minimum atomic E-state index is -0.665. The summed E-state index contributed by atoms with van der Waals surface area (Å²) in [4.78, 5) is 22.0. The van der Waals surface area contributed by atoms with Gasteiger partial charge in [-0.15, -0.1) is 0 Å². The first-order chi connectivity index (χ1) is 9.38. The van der Waals surface area contributed by atoms with Gasteiger partial charge in [0.2, 0.25) is 0 Å². The van der Waals surface area contributed by atoms with E-state index in [-0.39, 0.29) is 22.1 Å². The van der Waals surface area contributed by atoms with Crippen LogP contribution in [0.2, 0.25) is 5.02 Å². The molecule has 2 rings (SSSR count).